The lowest BCUT2D eigenvalue weighted by molar-refractivity contribution is 0.487. The van der Waals surface area contributed by atoms with Crippen LogP contribution >= 0.6 is 0 Å². The van der Waals surface area contributed by atoms with Crippen LogP contribution in [0.5, 0.6) is 11.5 Å². The Labute approximate surface area is 297 Å². The van der Waals surface area contributed by atoms with Gasteiger partial charge >= 0.3 is 0 Å². The second-order valence-corrected chi connectivity index (χ2v) is 13.3. The van der Waals surface area contributed by atoms with Crippen molar-refractivity contribution in [3.8, 4) is 78.3 Å². The Kier molecular flexibility index (Phi) is 6.89. The molecule has 1 aliphatic rings. The fraction of sp³-hybridized carbons (Fsp3) is 0. The van der Waals surface area contributed by atoms with E-state index in [-0.39, 0.29) is 0 Å². The normalized spacial score (nSPS) is 11.7. The number of hydrogen-bond acceptors (Lipinski definition) is 1. The summed E-state index contributed by atoms with van der Waals surface area (Å²) in [6, 6.07) is 70.0. The number of benzene rings is 9. The van der Waals surface area contributed by atoms with E-state index in [9.17, 15) is 0 Å². The molecule has 51 heavy (non-hydrogen) atoms. The molecule has 0 amide bonds. The first-order valence-corrected chi connectivity index (χ1v) is 17.5. The summed E-state index contributed by atoms with van der Waals surface area (Å²) in [5, 5.41) is 4.80. The third kappa shape index (κ3) is 5.19. The van der Waals surface area contributed by atoms with E-state index >= 15 is 0 Å². The van der Waals surface area contributed by atoms with Crippen molar-refractivity contribution in [1.29, 1.82) is 0 Å². The van der Waals surface area contributed by atoms with Gasteiger partial charge in [0.25, 0.3) is 0 Å². The lowest BCUT2D eigenvalue weighted by Gasteiger charge is -2.22. The molecule has 0 radical (unpaired) electrons. The van der Waals surface area contributed by atoms with E-state index in [0.29, 0.717) is 0 Å². The zero-order valence-electron chi connectivity index (χ0n) is 27.9. The Morgan fingerprint density at radius 1 is 0.255 bits per heavy atom. The van der Waals surface area contributed by atoms with Crippen molar-refractivity contribution in [3.05, 3.63) is 194 Å². The molecule has 0 bridgehead atoms. The molecule has 0 saturated heterocycles. The molecule has 0 N–H and O–H groups in total. The third-order valence-corrected chi connectivity index (χ3v) is 10.2. The molecule has 9 aromatic carbocycles. The van der Waals surface area contributed by atoms with E-state index in [1.807, 2.05) is 6.07 Å². The lowest BCUT2D eigenvalue weighted by Crippen LogP contribution is -1.97. The van der Waals surface area contributed by atoms with Crippen LogP contribution in [0.3, 0.4) is 0 Å². The van der Waals surface area contributed by atoms with Crippen molar-refractivity contribution in [1.82, 2.24) is 0 Å². The summed E-state index contributed by atoms with van der Waals surface area (Å²) in [4.78, 5) is 0. The predicted molar refractivity (Wildman–Crippen MR) is 214 cm³/mol. The predicted octanol–water partition coefficient (Wildman–Crippen LogP) is 14.1. The highest BCUT2D eigenvalue weighted by Crippen LogP contribution is 2.48. The molecular weight excluding hydrogens is 617 g/mol. The minimum absolute atomic E-state index is 0.912. The van der Waals surface area contributed by atoms with Crippen LogP contribution in [-0.2, 0) is 0 Å². The molecule has 0 spiro atoms. The third-order valence-electron chi connectivity index (χ3n) is 10.2. The van der Waals surface area contributed by atoms with Gasteiger partial charge in [-0.25, -0.2) is 0 Å². The van der Waals surface area contributed by atoms with Crippen LogP contribution in [0.15, 0.2) is 194 Å². The van der Waals surface area contributed by atoms with Crippen molar-refractivity contribution < 1.29 is 4.74 Å². The quantitative estimate of drug-likeness (QED) is 0.169. The second-order valence-electron chi connectivity index (χ2n) is 13.3. The molecular formula is C50H32O. The number of para-hydroxylation sites is 1. The largest absolute Gasteiger partial charge is 0.456 e. The molecule has 0 aliphatic carbocycles. The smallest absolute Gasteiger partial charge is 0.136 e. The Morgan fingerprint density at radius 3 is 1.37 bits per heavy atom. The van der Waals surface area contributed by atoms with Gasteiger partial charge in [0.1, 0.15) is 11.5 Å². The fourth-order valence-corrected chi connectivity index (χ4v) is 7.70. The standard InChI is InChI=1S/C50H32O/c1-3-12-33(13-4-1)41-28-42(34-14-5-2-6-15-34)30-43(29-41)38-19-10-17-36(27-38)35-16-9-18-37(26-35)39-24-25-40-32-49-50-45(21-11-22-46(50)47(40)31-39)44-20-7-8-23-48(44)51-49/h1-32H. The van der Waals surface area contributed by atoms with Crippen molar-refractivity contribution in [2.45, 2.75) is 0 Å². The molecule has 1 aliphatic heterocycles. The topological polar surface area (TPSA) is 9.23 Å². The van der Waals surface area contributed by atoms with Gasteiger partial charge in [-0.05, 0) is 126 Å². The molecule has 238 valence electrons. The molecule has 9 aromatic rings. The summed E-state index contributed by atoms with van der Waals surface area (Å²) in [7, 11) is 0. The summed E-state index contributed by atoms with van der Waals surface area (Å²) in [6.07, 6.45) is 0. The number of fused-ring (bicyclic) bond motifs is 4. The average Bonchev–Trinajstić information content (AvgIpc) is 3.21. The number of rotatable bonds is 5. The van der Waals surface area contributed by atoms with Crippen LogP contribution in [0, 0.1) is 0 Å². The van der Waals surface area contributed by atoms with Crippen molar-refractivity contribution in [2.75, 3.05) is 0 Å². The van der Waals surface area contributed by atoms with Crippen LogP contribution in [0.1, 0.15) is 0 Å². The first-order valence-electron chi connectivity index (χ1n) is 17.5. The van der Waals surface area contributed by atoms with Crippen molar-refractivity contribution in [2.24, 2.45) is 0 Å². The minimum atomic E-state index is 0.912. The van der Waals surface area contributed by atoms with Gasteiger partial charge in [-0.2, -0.15) is 0 Å². The first kappa shape index (κ1) is 29.2. The number of ether oxygens (including phenoxy) is 1. The lowest BCUT2D eigenvalue weighted by atomic mass is 9.90. The molecule has 10 rings (SSSR count). The van der Waals surface area contributed by atoms with Crippen LogP contribution in [0.2, 0.25) is 0 Å². The molecule has 0 unspecified atom stereocenters. The zero-order valence-corrected chi connectivity index (χ0v) is 27.9. The monoisotopic (exact) mass is 648 g/mol. The molecule has 1 nitrogen and oxygen atoms in total. The summed E-state index contributed by atoms with van der Waals surface area (Å²) in [5.74, 6) is 1.83. The van der Waals surface area contributed by atoms with Gasteiger partial charge in [0.2, 0.25) is 0 Å². The van der Waals surface area contributed by atoms with E-state index < -0.39 is 0 Å². The average molecular weight is 649 g/mol. The van der Waals surface area contributed by atoms with Crippen molar-refractivity contribution in [3.63, 3.8) is 0 Å². The highest BCUT2D eigenvalue weighted by molar-refractivity contribution is 6.17. The van der Waals surface area contributed by atoms with Gasteiger partial charge in [-0.15, -0.1) is 0 Å². The summed E-state index contributed by atoms with van der Waals surface area (Å²) >= 11 is 0. The fourth-order valence-electron chi connectivity index (χ4n) is 7.70. The first-order chi connectivity index (χ1) is 25.2. The molecule has 0 atom stereocenters. The number of hydrogen-bond donors (Lipinski definition) is 0. The summed E-state index contributed by atoms with van der Waals surface area (Å²) < 4.78 is 6.44. The zero-order chi connectivity index (χ0) is 33.7. The van der Waals surface area contributed by atoms with E-state index in [1.54, 1.807) is 0 Å². The van der Waals surface area contributed by atoms with Crippen LogP contribution in [0.25, 0.3) is 88.3 Å². The molecule has 1 heterocycles. The van der Waals surface area contributed by atoms with E-state index in [0.717, 1.165) is 17.1 Å². The Balaban J connectivity index is 1.05. The Bertz CT molecular complexity index is 2700. The highest BCUT2D eigenvalue weighted by Gasteiger charge is 2.21. The van der Waals surface area contributed by atoms with Gasteiger partial charge in [-0.3, -0.25) is 0 Å². The van der Waals surface area contributed by atoms with Gasteiger partial charge in [0.15, 0.2) is 0 Å². The van der Waals surface area contributed by atoms with E-state index in [2.05, 4.69) is 188 Å². The van der Waals surface area contributed by atoms with Gasteiger partial charge in [0.05, 0.1) is 0 Å². The highest BCUT2D eigenvalue weighted by atomic mass is 16.5. The molecule has 0 aromatic heterocycles. The van der Waals surface area contributed by atoms with Crippen molar-refractivity contribution >= 4 is 21.5 Å². The van der Waals surface area contributed by atoms with Crippen LogP contribution in [-0.4, -0.2) is 0 Å². The van der Waals surface area contributed by atoms with Gasteiger partial charge in [0, 0.05) is 10.9 Å². The van der Waals surface area contributed by atoms with Gasteiger partial charge in [-0.1, -0.05) is 146 Å². The molecule has 0 saturated carbocycles. The van der Waals surface area contributed by atoms with Crippen LogP contribution < -0.4 is 4.74 Å². The maximum absolute atomic E-state index is 6.44. The summed E-state index contributed by atoms with van der Waals surface area (Å²) in [6.45, 7) is 0. The Hall–Kier alpha value is -6.70. The van der Waals surface area contributed by atoms with Gasteiger partial charge < -0.3 is 4.74 Å². The second kappa shape index (κ2) is 12.0. The summed E-state index contributed by atoms with van der Waals surface area (Å²) in [5.41, 5.74) is 14.4. The van der Waals surface area contributed by atoms with E-state index in [1.165, 1.54) is 82.7 Å². The van der Waals surface area contributed by atoms with Crippen LogP contribution in [0.4, 0.5) is 0 Å². The maximum atomic E-state index is 6.44. The molecule has 0 fully saturated rings. The Morgan fingerprint density at radius 2 is 0.725 bits per heavy atom. The minimum Gasteiger partial charge on any atom is -0.456 e. The maximum Gasteiger partial charge on any atom is 0.136 e. The SMILES string of the molecule is c1ccc(-c2cc(-c3ccccc3)cc(-c3cccc(-c4cccc(-c5ccc6cc7c8c(cccc8c6c5)-c5ccccc5O7)c4)c3)c2)cc1. The van der Waals surface area contributed by atoms with E-state index in [4.69, 9.17) is 4.74 Å². The molecule has 1 heteroatoms.